The molecule has 3 aliphatic carbocycles. The van der Waals surface area contributed by atoms with Gasteiger partial charge in [-0.2, -0.15) is 0 Å². The molecule has 1 nitrogen and oxygen atoms in total. The van der Waals surface area contributed by atoms with Gasteiger partial charge in [-0.15, -0.1) is 0 Å². The molecule has 0 aromatic heterocycles. The summed E-state index contributed by atoms with van der Waals surface area (Å²) in [6.45, 7) is 4.62. The summed E-state index contributed by atoms with van der Waals surface area (Å²) in [6.07, 6.45) is 4.84. The third-order valence-corrected chi connectivity index (χ3v) is 4.85. The van der Waals surface area contributed by atoms with Gasteiger partial charge in [0.2, 0.25) is 0 Å². The van der Waals surface area contributed by atoms with E-state index < -0.39 is 0 Å². The monoisotopic (exact) mass is 178 g/mol. The molecule has 1 heteroatoms. The molecular weight excluding hydrogens is 160 g/mol. The molecule has 0 amide bonds. The quantitative estimate of drug-likeness (QED) is 0.564. The third-order valence-electron chi connectivity index (χ3n) is 4.85. The highest BCUT2D eigenvalue weighted by molar-refractivity contribution is 5.22. The first kappa shape index (κ1) is 8.05. The lowest BCUT2D eigenvalue weighted by molar-refractivity contribution is 0.0658. The van der Waals surface area contributed by atoms with Crippen molar-refractivity contribution >= 4 is 0 Å². The van der Waals surface area contributed by atoms with E-state index in [9.17, 15) is 5.11 Å². The Bertz CT molecular complexity index is 268. The maximum Gasteiger partial charge on any atom is 0.0577 e. The molecule has 0 radical (unpaired) electrons. The van der Waals surface area contributed by atoms with Gasteiger partial charge in [0.25, 0.3) is 0 Å². The molecule has 0 spiro atoms. The molecule has 6 atom stereocenters. The van der Waals surface area contributed by atoms with Crippen LogP contribution in [0.3, 0.4) is 0 Å². The average Bonchev–Trinajstić information content (AvgIpc) is 2.65. The highest BCUT2D eigenvalue weighted by atomic mass is 16.3. The number of rotatable bonds is 0. The van der Waals surface area contributed by atoms with Crippen LogP contribution in [0.1, 0.15) is 26.7 Å². The lowest BCUT2D eigenvalue weighted by Crippen LogP contribution is -2.30. The Kier molecular flexibility index (Phi) is 1.48. The first-order valence-corrected chi connectivity index (χ1v) is 5.55. The van der Waals surface area contributed by atoms with Crippen molar-refractivity contribution in [3.05, 3.63) is 11.6 Å². The number of hydrogen-bond acceptors (Lipinski definition) is 1. The maximum absolute atomic E-state index is 9.81. The van der Waals surface area contributed by atoms with Crippen molar-refractivity contribution < 1.29 is 5.11 Å². The Morgan fingerprint density at radius 1 is 1.38 bits per heavy atom. The van der Waals surface area contributed by atoms with Crippen LogP contribution in [0.25, 0.3) is 0 Å². The molecule has 0 aliphatic heterocycles. The van der Waals surface area contributed by atoms with Crippen LogP contribution in [-0.4, -0.2) is 11.2 Å². The van der Waals surface area contributed by atoms with E-state index in [0.29, 0.717) is 5.92 Å². The molecule has 6 unspecified atom stereocenters. The zero-order valence-corrected chi connectivity index (χ0v) is 8.40. The van der Waals surface area contributed by atoms with E-state index in [-0.39, 0.29) is 6.10 Å². The molecule has 3 rings (SSSR count). The van der Waals surface area contributed by atoms with E-state index in [1.165, 1.54) is 6.42 Å². The summed E-state index contributed by atoms with van der Waals surface area (Å²) in [5.74, 6) is 3.83. The molecule has 13 heavy (non-hydrogen) atoms. The minimum Gasteiger partial charge on any atom is -0.393 e. The predicted molar refractivity (Wildman–Crippen MR) is 52.1 cm³/mol. The zero-order valence-electron chi connectivity index (χ0n) is 8.40. The van der Waals surface area contributed by atoms with Crippen LogP contribution in [-0.2, 0) is 0 Å². The second-order valence-corrected chi connectivity index (χ2v) is 5.32. The Labute approximate surface area is 79.8 Å². The van der Waals surface area contributed by atoms with Gasteiger partial charge in [0.1, 0.15) is 0 Å². The molecule has 1 N–H and O–H groups in total. The Hall–Kier alpha value is -0.300. The van der Waals surface area contributed by atoms with Crippen LogP contribution in [0.5, 0.6) is 0 Å². The molecular formula is C12H18O. The standard InChI is InChI=1S/C12H18O/c1-6-3-10-9-4-8(5-11(9)13)12(10)7(6)2/h3,7-13H,4-5H2,1-2H3. The number of aliphatic hydroxyl groups is 1. The summed E-state index contributed by atoms with van der Waals surface area (Å²) >= 11 is 0. The van der Waals surface area contributed by atoms with Gasteiger partial charge in [-0.05, 0) is 49.4 Å². The molecule has 0 saturated heterocycles. The van der Waals surface area contributed by atoms with Crippen molar-refractivity contribution in [1.82, 2.24) is 0 Å². The molecule has 2 bridgehead atoms. The number of fused-ring (bicyclic) bond motifs is 5. The first-order valence-electron chi connectivity index (χ1n) is 5.55. The van der Waals surface area contributed by atoms with Crippen molar-refractivity contribution in [2.75, 3.05) is 0 Å². The zero-order chi connectivity index (χ0) is 9.16. The van der Waals surface area contributed by atoms with Gasteiger partial charge in [0.15, 0.2) is 0 Å². The molecule has 2 fully saturated rings. The van der Waals surface area contributed by atoms with Crippen LogP contribution in [0.15, 0.2) is 11.6 Å². The predicted octanol–water partition coefficient (Wildman–Crippen LogP) is 2.22. The van der Waals surface area contributed by atoms with Crippen molar-refractivity contribution in [3.8, 4) is 0 Å². The van der Waals surface area contributed by atoms with E-state index >= 15 is 0 Å². The van der Waals surface area contributed by atoms with Gasteiger partial charge in [0, 0.05) is 0 Å². The van der Waals surface area contributed by atoms with E-state index in [2.05, 4.69) is 19.9 Å². The van der Waals surface area contributed by atoms with Gasteiger partial charge in [-0.1, -0.05) is 18.6 Å². The van der Waals surface area contributed by atoms with E-state index in [4.69, 9.17) is 0 Å². The summed E-state index contributed by atoms with van der Waals surface area (Å²) in [7, 11) is 0. The van der Waals surface area contributed by atoms with Crippen molar-refractivity contribution in [3.63, 3.8) is 0 Å². The number of aliphatic hydroxyl groups excluding tert-OH is 1. The van der Waals surface area contributed by atoms with E-state index in [1.54, 1.807) is 5.57 Å². The molecule has 0 aromatic carbocycles. The Morgan fingerprint density at radius 2 is 2.15 bits per heavy atom. The Balaban J connectivity index is 1.95. The second kappa shape index (κ2) is 2.38. The first-order chi connectivity index (χ1) is 6.18. The highest BCUT2D eigenvalue weighted by Gasteiger charge is 2.55. The van der Waals surface area contributed by atoms with Crippen molar-refractivity contribution in [2.45, 2.75) is 32.8 Å². The summed E-state index contributed by atoms with van der Waals surface area (Å²) in [5.41, 5.74) is 1.57. The van der Waals surface area contributed by atoms with Gasteiger partial charge < -0.3 is 5.11 Å². The topological polar surface area (TPSA) is 20.2 Å². The van der Waals surface area contributed by atoms with Crippen LogP contribution in [0.4, 0.5) is 0 Å². The fraction of sp³-hybridized carbons (Fsp3) is 0.833. The summed E-state index contributed by atoms with van der Waals surface area (Å²) in [6, 6.07) is 0. The summed E-state index contributed by atoms with van der Waals surface area (Å²) < 4.78 is 0. The van der Waals surface area contributed by atoms with Crippen LogP contribution < -0.4 is 0 Å². The Morgan fingerprint density at radius 3 is 2.92 bits per heavy atom. The maximum atomic E-state index is 9.81. The third kappa shape index (κ3) is 0.864. The molecule has 72 valence electrons. The van der Waals surface area contributed by atoms with Crippen molar-refractivity contribution in [2.24, 2.45) is 29.6 Å². The summed E-state index contributed by atoms with van der Waals surface area (Å²) in [4.78, 5) is 0. The van der Waals surface area contributed by atoms with Gasteiger partial charge in [0.05, 0.1) is 6.10 Å². The SMILES string of the molecule is CC1=CC2C3CC(CC3O)C2C1C. The van der Waals surface area contributed by atoms with E-state index in [0.717, 1.165) is 30.1 Å². The normalized spacial score (nSPS) is 58.2. The van der Waals surface area contributed by atoms with Crippen molar-refractivity contribution in [1.29, 1.82) is 0 Å². The van der Waals surface area contributed by atoms with Crippen LogP contribution >= 0.6 is 0 Å². The van der Waals surface area contributed by atoms with Gasteiger partial charge in [-0.3, -0.25) is 0 Å². The fourth-order valence-electron chi connectivity index (χ4n) is 4.15. The fourth-order valence-corrected chi connectivity index (χ4v) is 4.15. The van der Waals surface area contributed by atoms with Gasteiger partial charge >= 0.3 is 0 Å². The van der Waals surface area contributed by atoms with Gasteiger partial charge in [-0.25, -0.2) is 0 Å². The molecule has 2 saturated carbocycles. The summed E-state index contributed by atoms with van der Waals surface area (Å²) in [5, 5.41) is 9.81. The smallest absolute Gasteiger partial charge is 0.0577 e. The number of allylic oxidation sites excluding steroid dienone is 2. The number of hydrogen-bond donors (Lipinski definition) is 1. The van der Waals surface area contributed by atoms with Crippen LogP contribution in [0, 0.1) is 29.6 Å². The van der Waals surface area contributed by atoms with Crippen LogP contribution in [0.2, 0.25) is 0 Å². The molecule has 0 heterocycles. The average molecular weight is 178 g/mol. The molecule has 3 aliphatic rings. The lowest BCUT2D eigenvalue weighted by Gasteiger charge is -2.30. The molecule has 0 aromatic rings. The lowest BCUT2D eigenvalue weighted by atomic mass is 9.76. The van der Waals surface area contributed by atoms with E-state index in [1.807, 2.05) is 0 Å². The minimum absolute atomic E-state index is 0.0144. The largest absolute Gasteiger partial charge is 0.393 e. The minimum atomic E-state index is 0.0144. The second-order valence-electron chi connectivity index (χ2n) is 5.32. The highest BCUT2D eigenvalue weighted by Crippen LogP contribution is 2.59.